The lowest BCUT2D eigenvalue weighted by molar-refractivity contribution is -0.149. The van der Waals surface area contributed by atoms with E-state index in [1.807, 2.05) is 6.92 Å². The van der Waals surface area contributed by atoms with Crippen LogP contribution in [0.5, 0.6) is 0 Å². The quantitative estimate of drug-likeness (QED) is 0.808. The van der Waals surface area contributed by atoms with Crippen LogP contribution in [0.25, 0.3) is 0 Å². The molecule has 1 saturated heterocycles. The molecular weight excluding hydrogens is 216 g/mol. The van der Waals surface area contributed by atoms with Crippen molar-refractivity contribution in [2.45, 2.75) is 63.6 Å². The maximum absolute atomic E-state index is 12.2. The normalized spacial score (nSPS) is 30.8. The summed E-state index contributed by atoms with van der Waals surface area (Å²) in [5.74, 6) is 0.266. The summed E-state index contributed by atoms with van der Waals surface area (Å²) >= 11 is 0. The lowest BCUT2D eigenvalue weighted by Gasteiger charge is -2.44. The summed E-state index contributed by atoms with van der Waals surface area (Å²) in [6.07, 6.45) is 6.34. The number of nitrogens with zero attached hydrogens (tertiary/aromatic N) is 1. The van der Waals surface area contributed by atoms with E-state index in [1.165, 1.54) is 12.8 Å². The molecule has 0 aromatic rings. The second-order valence-corrected chi connectivity index (χ2v) is 5.36. The average Bonchev–Trinajstić information content (AvgIpc) is 2.35. The van der Waals surface area contributed by atoms with Crippen LogP contribution in [0, 0.1) is 0 Å². The second-order valence-electron chi connectivity index (χ2n) is 5.36. The monoisotopic (exact) mass is 240 g/mol. The van der Waals surface area contributed by atoms with Crippen molar-refractivity contribution < 1.29 is 9.53 Å². The topological polar surface area (TPSA) is 55.6 Å². The van der Waals surface area contributed by atoms with Gasteiger partial charge < -0.3 is 15.4 Å². The van der Waals surface area contributed by atoms with E-state index in [1.54, 1.807) is 0 Å². The molecular formula is C13H24N2O2. The SMILES string of the molecule is CC(N)CCC(=O)N1CCOC2CCCCC21. The molecule has 2 aliphatic rings. The minimum Gasteiger partial charge on any atom is -0.374 e. The lowest BCUT2D eigenvalue weighted by atomic mass is 9.90. The fourth-order valence-corrected chi connectivity index (χ4v) is 2.90. The van der Waals surface area contributed by atoms with Gasteiger partial charge in [-0.25, -0.2) is 0 Å². The zero-order valence-corrected chi connectivity index (χ0v) is 10.7. The highest BCUT2D eigenvalue weighted by atomic mass is 16.5. The van der Waals surface area contributed by atoms with Gasteiger partial charge in [-0.15, -0.1) is 0 Å². The molecule has 4 heteroatoms. The maximum atomic E-state index is 12.2. The van der Waals surface area contributed by atoms with Crippen LogP contribution in [-0.2, 0) is 9.53 Å². The fraction of sp³-hybridized carbons (Fsp3) is 0.923. The van der Waals surface area contributed by atoms with Crippen LogP contribution >= 0.6 is 0 Å². The number of amides is 1. The highest BCUT2D eigenvalue weighted by molar-refractivity contribution is 5.76. The van der Waals surface area contributed by atoms with Crippen LogP contribution < -0.4 is 5.73 Å². The first-order chi connectivity index (χ1) is 8.18. The standard InChI is InChI=1S/C13H24N2O2/c1-10(14)6-7-13(16)15-8-9-17-12-5-3-2-4-11(12)15/h10-12H,2-9,14H2,1H3. The largest absolute Gasteiger partial charge is 0.374 e. The van der Waals surface area contributed by atoms with Gasteiger partial charge in [-0.2, -0.15) is 0 Å². The summed E-state index contributed by atoms with van der Waals surface area (Å²) in [4.78, 5) is 14.2. The summed E-state index contributed by atoms with van der Waals surface area (Å²) in [6.45, 7) is 3.42. The number of rotatable bonds is 3. The summed E-state index contributed by atoms with van der Waals surface area (Å²) in [6, 6.07) is 0.445. The van der Waals surface area contributed by atoms with E-state index in [9.17, 15) is 4.79 Å². The molecule has 3 unspecified atom stereocenters. The van der Waals surface area contributed by atoms with Gasteiger partial charge >= 0.3 is 0 Å². The molecule has 2 N–H and O–H groups in total. The maximum Gasteiger partial charge on any atom is 0.223 e. The minimum absolute atomic E-state index is 0.113. The van der Waals surface area contributed by atoms with Crippen molar-refractivity contribution in [3.8, 4) is 0 Å². The summed E-state index contributed by atoms with van der Waals surface area (Å²) in [7, 11) is 0. The molecule has 0 aromatic carbocycles. The number of fused-ring (bicyclic) bond motifs is 1. The molecule has 2 rings (SSSR count). The van der Waals surface area contributed by atoms with Gasteiger partial charge in [0.25, 0.3) is 0 Å². The van der Waals surface area contributed by atoms with E-state index in [4.69, 9.17) is 10.5 Å². The van der Waals surface area contributed by atoms with E-state index >= 15 is 0 Å². The van der Waals surface area contributed by atoms with Crippen LogP contribution in [0.15, 0.2) is 0 Å². The first-order valence-corrected chi connectivity index (χ1v) is 6.85. The molecule has 4 nitrogen and oxygen atoms in total. The third kappa shape index (κ3) is 3.19. The molecule has 0 radical (unpaired) electrons. The molecule has 1 saturated carbocycles. The zero-order valence-electron chi connectivity index (χ0n) is 10.7. The fourth-order valence-electron chi connectivity index (χ4n) is 2.90. The van der Waals surface area contributed by atoms with Gasteiger partial charge in [0.1, 0.15) is 0 Å². The molecule has 1 aliphatic heterocycles. The molecule has 0 bridgehead atoms. The predicted molar refractivity (Wildman–Crippen MR) is 66.6 cm³/mol. The van der Waals surface area contributed by atoms with Crippen molar-refractivity contribution in [2.75, 3.05) is 13.2 Å². The Balaban J connectivity index is 1.91. The Bertz CT molecular complexity index is 266. The number of morpholine rings is 1. The summed E-state index contributed by atoms with van der Waals surface area (Å²) in [5, 5.41) is 0. The lowest BCUT2D eigenvalue weighted by Crippen LogP contribution is -2.54. The molecule has 0 spiro atoms. The minimum atomic E-state index is 0.113. The Morgan fingerprint density at radius 1 is 1.47 bits per heavy atom. The molecule has 0 aromatic heterocycles. The van der Waals surface area contributed by atoms with Crippen molar-refractivity contribution in [2.24, 2.45) is 5.73 Å². The van der Waals surface area contributed by atoms with Gasteiger partial charge in [0, 0.05) is 19.0 Å². The highest BCUT2D eigenvalue weighted by Crippen LogP contribution is 2.28. The van der Waals surface area contributed by atoms with E-state index in [0.29, 0.717) is 19.1 Å². The molecule has 1 amide bonds. The van der Waals surface area contributed by atoms with Gasteiger partial charge in [0.15, 0.2) is 0 Å². The number of carbonyl (C=O) groups is 1. The second kappa shape index (κ2) is 5.83. The molecule has 1 heterocycles. The Morgan fingerprint density at radius 3 is 3.00 bits per heavy atom. The zero-order chi connectivity index (χ0) is 12.3. The van der Waals surface area contributed by atoms with Crippen molar-refractivity contribution >= 4 is 5.91 Å². The Hall–Kier alpha value is -0.610. The van der Waals surface area contributed by atoms with E-state index in [-0.39, 0.29) is 18.1 Å². The molecule has 3 atom stereocenters. The third-order valence-corrected chi connectivity index (χ3v) is 3.87. The Morgan fingerprint density at radius 2 is 2.24 bits per heavy atom. The number of hydrogen-bond acceptors (Lipinski definition) is 3. The number of ether oxygens (including phenoxy) is 1. The predicted octanol–water partition coefficient (Wildman–Crippen LogP) is 1.28. The first kappa shape index (κ1) is 12.8. The van der Waals surface area contributed by atoms with Crippen molar-refractivity contribution in [3.63, 3.8) is 0 Å². The van der Waals surface area contributed by atoms with E-state index in [0.717, 1.165) is 25.8 Å². The van der Waals surface area contributed by atoms with Crippen LogP contribution in [0.2, 0.25) is 0 Å². The van der Waals surface area contributed by atoms with Crippen molar-refractivity contribution in [1.29, 1.82) is 0 Å². The van der Waals surface area contributed by atoms with Gasteiger partial charge in [-0.1, -0.05) is 12.8 Å². The molecule has 17 heavy (non-hydrogen) atoms. The molecule has 98 valence electrons. The van der Waals surface area contributed by atoms with Crippen molar-refractivity contribution in [3.05, 3.63) is 0 Å². The van der Waals surface area contributed by atoms with Gasteiger partial charge in [-0.3, -0.25) is 4.79 Å². The third-order valence-electron chi connectivity index (χ3n) is 3.87. The van der Waals surface area contributed by atoms with Crippen LogP contribution in [0.3, 0.4) is 0 Å². The molecule has 1 aliphatic carbocycles. The first-order valence-electron chi connectivity index (χ1n) is 6.85. The Kier molecular flexibility index (Phi) is 4.40. The number of carbonyl (C=O) groups excluding carboxylic acids is 1. The average molecular weight is 240 g/mol. The summed E-state index contributed by atoms with van der Waals surface area (Å²) < 4.78 is 5.77. The van der Waals surface area contributed by atoms with Crippen LogP contribution in [0.1, 0.15) is 45.4 Å². The molecule has 2 fully saturated rings. The van der Waals surface area contributed by atoms with E-state index < -0.39 is 0 Å². The van der Waals surface area contributed by atoms with Gasteiger partial charge in [-0.05, 0) is 26.2 Å². The summed E-state index contributed by atoms with van der Waals surface area (Å²) in [5.41, 5.74) is 5.71. The van der Waals surface area contributed by atoms with Crippen LogP contribution in [0.4, 0.5) is 0 Å². The number of hydrogen-bond donors (Lipinski definition) is 1. The van der Waals surface area contributed by atoms with Crippen molar-refractivity contribution in [1.82, 2.24) is 4.90 Å². The highest BCUT2D eigenvalue weighted by Gasteiger charge is 2.36. The van der Waals surface area contributed by atoms with Gasteiger partial charge in [0.2, 0.25) is 5.91 Å². The number of nitrogens with two attached hydrogens (primary N) is 1. The smallest absolute Gasteiger partial charge is 0.223 e. The van der Waals surface area contributed by atoms with Crippen LogP contribution in [-0.4, -0.2) is 42.1 Å². The van der Waals surface area contributed by atoms with Gasteiger partial charge in [0.05, 0.1) is 18.8 Å². The Labute approximate surface area is 103 Å². The van der Waals surface area contributed by atoms with E-state index in [2.05, 4.69) is 4.90 Å².